The number of aliphatic imine (C=N–C) groups is 1. The van der Waals surface area contributed by atoms with Crippen LogP contribution in [0.3, 0.4) is 0 Å². The SMILES string of the molecule is CCNC(=NCc1ccc2c(c1)OCO2)NCC(C)(C)NC(=O)OC(C)(C)C.I. The molecular formula is C20H33IN4O4. The number of nitrogens with zero attached hydrogens (tertiary/aromatic N) is 1. The molecule has 0 aromatic heterocycles. The fraction of sp³-hybridized carbons (Fsp3) is 0.600. The summed E-state index contributed by atoms with van der Waals surface area (Å²) in [5, 5.41) is 9.35. The van der Waals surface area contributed by atoms with Crippen molar-refractivity contribution in [3.8, 4) is 11.5 Å². The van der Waals surface area contributed by atoms with Crippen LogP contribution in [0.5, 0.6) is 11.5 Å². The van der Waals surface area contributed by atoms with Crippen molar-refractivity contribution in [2.24, 2.45) is 4.99 Å². The predicted molar refractivity (Wildman–Crippen MR) is 124 cm³/mol. The third kappa shape index (κ3) is 8.97. The molecule has 0 fully saturated rings. The molecule has 1 aromatic carbocycles. The number of benzene rings is 1. The molecule has 164 valence electrons. The first-order valence-electron chi connectivity index (χ1n) is 9.50. The molecule has 2 rings (SSSR count). The molecule has 3 N–H and O–H groups in total. The number of halogens is 1. The zero-order valence-electron chi connectivity index (χ0n) is 18.0. The van der Waals surface area contributed by atoms with Gasteiger partial charge in [-0.15, -0.1) is 24.0 Å². The van der Waals surface area contributed by atoms with Crippen LogP contribution in [0.2, 0.25) is 0 Å². The second-order valence-corrected chi connectivity index (χ2v) is 8.25. The lowest BCUT2D eigenvalue weighted by Gasteiger charge is -2.29. The van der Waals surface area contributed by atoms with Crippen molar-refractivity contribution in [3.05, 3.63) is 23.8 Å². The van der Waals surface area contributed by atoms with Crippen molar-refractivity contribution in [1.29, 1.82) is 0 Å². The Morgan fingerprint density at radius 1 is 1.14 bits per heavy atom. The number of amides is 1. The minimum Gasteiger partial charge on any atom is -0.454 e. The Morgan fingerprint density at radius 2 is 1.83 bits per heavy atom. The number of hydrogen-bond acceptors (Lipinski definition) is 5. The van der Waals surface area contributed by atoms with Crippen LogP contribution in [0.1, 0.15) is 47.1 Å². The summed E-state index contributed by atoms with van der Waals surface area (Å²) < 4.78 is 16.1. The van der Waals surface area contributed by atoms with Gasteiger partial charge in [0.2, 0.25) is 6.79 Å². The summed E-state index contributed by atoms with van der Waals surface area (Å²) in [6.45, 7) is 13.3. The van der Waals surface area contributed by atoms with E-state index in [1.165, 1.54) is 0 Å². The Bertz CT molecular complexity index is 717. The van der Waals surface area contributed by atoms with Gasteiger partial charge in [-0.3, -0.25) is 0 Å². The standard InChI is InChI=1S/C20H32N4O4.HI/c1-7-21-17(22-11-14-8-9-15-16(10-14)27-13-26-15)23-12-20(5,6)24-18(25)28-19(2,3)4;/h8-10H,7,11-13H2,1-6H3,(H,24,25)(H2,21,22,23);1H. The van der Waals surface area contributed by atoms with Crippen molar-refractivity contribution in [2.45, 2.75) is 59.2 Å². The summed E-state index contributed by atoms with van der Waals surface area (Å²) in [4.78, 5) is 16.6. The highest BCUT2D eigenvalue weighted by Crippen LogP contribution is 2.32. The van der Waals surface area contributed by atoms with Gasteiger partial charge >= 0.3 is 6.09 Å². The smallest absolute Gasteiger partial charge is 0.408 e. The molecule has 1 aliphatic heterocycles. The molecule has 0 saturated heterocycles. The molecule has 1 heterocycles. The highest BCUT2D eigenvalue weighted by molar-refractivity contribution is 14.0. The predicted octanol–water partition coefficient (Wildman–Crippen LogP) is 3.39. The monoisotopic (exact) mass is 520 g/mol. The quantitative estimate of drug-likeness (QED) is 0.303. The normalized spacial score (nSPS) is 13.4. The Hall–Kier alpha value is -1.91. The van der Waals surface area contributed by atoms with Gasteiger partial charge in [-0.2, -0.15) is 0 Å². The maximum absolute atomic E-state index is 12.0. The fourth-order valence-electron chi connectivity index (χ4n) is 2.48. The van der Waals surface area contributed by atoms with Gasteiger partial charge in [-0.25, -0.2) is 9.79 Å². The van der Waals surface area contributed by atoms with E-state index in [-0.39, 0.29) is 30.8 Å². The zero-order valence-corrected chi connectivity index (χ0v) is 20.4. The molecule has 0 atom stereocenters. The van der Waals surface area contributed by atoms with E-state index in [9.17, 15) is 4.79 Å². The molecule has 1 aromatic rings. The molecular weight excluding hydrogens is 487 g/mol. The lowest BCUT2D eigenvalue weighted by Crippen LogP contribution is -2.54. The highest BCUT2D eigenvalue weighted by atomic mass is 127. The maximum Gasteiger partial charge on any atom is 0.408 e. The molecule has 29 heavy (non-hydrogen) atoms. The lowest BCUT2D eigenvalue weighted by molar-refractivity contribution is 0.0474. The number of carbonyl (C=O) groups excluding carboxylic acids is 1. The molecule has 0 radical (unpaired) electrons. The van der Waals surface area contributed by atoms with E-state index in [0.29, 0.717) is 19.0 Å². The summed E-state index contributed by atoms with van der Waals surface area (Å²) in [5.74, 6) is 2.17. The van der Waals surface area contributed by atoms with Gasteiger partial charge in [-0.1, -0.05) is 6.07 Å². The van der Waals surface area contributed by atoms with E-state index < -0.39 is 17.2 Å². The van der Waals surface area contributed by atoms with E-state index in [1.54, 1.807) is 0 Å². The van der Waals surface area contributed by atoms with Crippen LogP contribution in [-0.2, 0) is 11.3 Å². The van der Waals surface area contributed by atoms with Gasteiger partial charge in [0, 0.05) is 13.1 Å². The molecule has 0 aliphatic carbocycles. The van der Waals surface area contributed by atoms with Gasteiger partial charge < -0.3 is 30.2 Å². The molecule has 1 amide bonds. The highest BCUT2D eigenvalue weighted by Gasteiger charge is 2.24. The van der Waals surface area contributed by atoms with Crippen molar-refractivity contribution in [3.63, 3.8) is 0 Å². The molecule has 0 spiro atoms. The van der Waals surface area contributed by atoms with Gasteiger partial charge in [0.05, 0.1) is 12.1 Å². The Balaban J connectivity index is 0.00000420. The second kappa shape index (κ2) is 10.7. The van der Waals surface area contributed by atoms with E-state index in [0.717, 1.165) is 23.6 Å². The van der Waals surface area contributed by atoms with Gasteiger partial charge in [0.15, 0.2) is 17.5 Å². The summed E-state index contributed by atoms with van der Waals surface area (Å²) in [6, 6.07) is 5.79. The minimum atomic E-state index is -0.533. The number of ether oxygens (including phenoxy) is 3. The average Bonchev–Trinajstić information content (AvgIpc) is 3.02. The number of guanidine groups is 1. The second-order valence-electron chi connectivity index (χ2n) is 8.25. The van der Waals surface area contributed by atoms with E-state index in [4.69, 9.17) is 14.2 Å². The Morgan fingerprint density at radius 3 is 2.48 bits per heavy atom. The van der Waals surface area contributed by atoms with Crippen LogP contribution in [0.25, 0.3) is 0 Å². The molecule has 0 saturated carbocycles. The molecule has 1 aliphatic rings. The number of rotatable bonds is 6. The average molecular weight is 520 g/mol. The first-order valence-corrected chi connectivity index (χ1v) is 9.50. The van der Waals surface area contributed by atoms with Crippen LogP contribution in [0, 0.1) is 0 Å². The Labute approximate surface area is 190 Å². The summed E-state index contributed by atoms with van der Waals surface area (Å²) in [5.41, 5.74) is -0.0288. The number of nitrogens with one attached hydrogen (secondary N) is 3. The van der Waals surface area contributed by atoms with Crippen LogP contribution in [0.4, 0.5) is 4.79 Å². The van der Waals surface area contributed by atoms with Crippen LogP contribution < -0.4 is 25.4 Å². The van der Waals surface area contributed by atoms with Gasteiger partial charge in [0.25, 0.3) is 0 Å². The maximum atomic E-state index is 12.0. The van der Waals surface area contributed by atoms with Crippen molar-refractivity contribution >= 4 is 36.0 Å². The first-order chi connectivity index (χ1) is 13.1. The fourth-order valence-corrected chi connectivity index (χ4v) is 2.48. The number of carbonyl (C=O) groups is 1. The van der Waals surface area contributed by atoms with Gasteiger partial charge in [-0.05, 0) is 59.2 Å². The minimum absolute atomic E-state index is 0. The zero-order chi connectivity index (χ0) is 20.8. The third-order valence-corrected chi connectivity index (χ3v) is 3.74. The summed E-state index contributed by atoms with van der Waals surface area (Å²) >= 11 is 0. The summed E-state index contributed by atoms with van der Waals surface area (Å²) in [6.07, 6.45) is -0.443. The molecule has 9 heteroatoms. The van der Waals surface area contributed by atoms with E-state index in [2.05, 4.69) is 20.9 Å². The molecule has 8 nitrogen and oxygen atoms in total. The topological polar surface area (TPSA) is 93.2 Å². The molecule has 0 unspecified atom stereocenters. The summed E-state index contributed by atoms with van der Waals surface area (Å²) in [7, 11) is 0. The lowest BCUT2D eigenvalue weighted by atomic mass is 10.1. The van der Waals surface area contributed by atoms with Crippen LogP contribution >= 0.6 is 24.0 Å². The van der Waals surface area contributed by atoms with E-state index in [1.807, 2.05) is 59.7 Å². The van der Waals surface area contributed by atoms with Gasteiger partial charge in [0.1, 0.15) is 5.60 Å². The van der Waals surface area contributed by atoms with Crippen LogP contribution in [0.15, 0.2) is 23.2 Å². The number of hydrogen-bond donors (Lipinski definition) is 3. The third-order valence-electron chi connectivity index (χ3n) is 3.74. The van der Waals surface area contributed by atoms with Crippen molar-refractivity contribution in [1.82, 2.24) is 16.0 Å². The molecule has 0 bridgehead atoms. The number of fused-ring (bicyclic) bond motifs is 1. The van der Waals surface area contributed by atoms with Crippen LogP contribution in [-0.4, -0.2) is 43.1 Å². The largest absolute Gasteiger partial charge is 0.454 e. The van der Waals surface area contributed by atoms with Crippen molar-refractivity contribution in [2.75, 3.05) is 19.9 Å². The van der Waals surface area contributed by atoms with Crippen molar-refractivity contribution < 1.29 is 19.0 Å². The number of alkyl carbamates (subject to hydrolysis) is 1. The first kappa shape index (κ1) is 25.1. The Kier molecular flexibility index (Phi) is 9.31. The van der Waals surface area contributed by atoms with E-state index >= 15 is 0 Å².